The maximum Gasteiger partial charge on any atom is 0.201 e. The molecule has 2 rings (SSSR count). The molecular weight excluding hydrogens is 357 g/mol. The third kappa shape index (κ3) is 3.91. The first kappa shape index (κ1) is 17.9. The van der Waals surface area contributed by atoms with E-state index in [1.54, 1.807) is 25.4 Å². The fourth-order valence-corrected chi connectivity index (χ4v) is 2.63. The van der Waals surface area contributed by atoms with Gasteiger partial charge < -0.3 is 4.90 Å². The zero-order valence-electron chi connectivity index (χ0n) is 13.0. The van der Waals surface area contributed by atoms with Gasteiger partial charge in [0.15, 0.2) is 5.82 Å². The van der Waals surface area contributed by atoms with Crippen LogP contribution in [0, 0.1) is 0 Å². The molecule has 0 aromatic carbocycles. The Labute approximate surface area is 150 Å². The zero-order valence-corrected chi connectivity index (χ0v) is 15.3. The van der Waals surface area contributed by atoms with Crippen molar-refractivity contribution in [1.29, 1.82) is 0 Å². The largest absolute Gasteiger partial charge is 0.356 e. The first-order valence-corrected chi connectivity index (χ1v) is 8.25. The lowest BCUT2D eigenvalue weighted by Crippen LogP contribution is -2.25. The first-order valence-electron chi connectivity index (χ1n) is 7.11. The summed E-state index contributed by atoms with van der Waals surface area (Å²) in [4.78, 5) is 19.2. The summed E-state index contributed by atoms with van der Waals surface area (Å²) in [6.45, 7) is 7.20. The number of allylic oxidation sites excluding steroid dienone is 1. The SMILES string of the molecule is CCN(CC)c1nc(-c2ncccn2)nc(Cl)c1/C(Cl)=C(\C)Cl. The predicted molar refractivity (Wildman–Crippen MR) is 95.9 cm³/mol. The molecule has 0 radical (unpaired) electrons. The van der Waals surface area contributed by atoms with Crippen molar-refractivity contribution in [3.05, 3.63) is 34.2 Å². The number of halogens is 3. The fraction of sp³-hybridized carbons (Fsp3) is 0.333. The minimum absolute atomic E-state index is 0.217. The van der Waals surface area contributed by atoms with Crippen molar-refractivity contribution in [2.24, 2.45) is 0 Å². The molecule has 0 atom stereocenters. The predicted octanol–water partition coefficient (Wildman–Crippen LogP) is 4.60. The minimum Gasteiger partial charge on any atom is -0.356 e. The van der Waals surface area contributed by atoms with Crippen LogP contribution < -0.4 is 4.90 Å². The number of nitrogens with zero attached hydrogens (tertiary/aromatic N) is 5. The van der Waals surface area contributed by atoms with Crippen molar-refractivity contribution in [2.45, 2.75) is 20.8 Å². The van der Waals surface area contributed by atoms with Crippen LogP contribution in [0.5, 0.6) is 0 Å². The van der Waals surface area contributed by atoms with Gasteiger partial charge in [-0.25, -0.2) is 19.9 Å². The van der Waals surface area contributed by atoms with Crippen molar-refractivity contribution >= 4 is 45.7 Å². The Kier molecular flexibility index (Phi) is 6.16. The summed E-state index contributed by atoms with van der Waals surface area (Å²) in [5.41, 5.74) is 0.518. The number of hydrogen-bond acceptors (Lipinski definition) is 5. The first-order chi connectivity index (χ1) is 11.0. The summed E-state index contributed by atoms with van der Waals surface area (Å²) < 4.78 is 0. The number of aromatic nitrogens is 4. The highest BCUT2D eigenvalue weighted by Gasteiger charge is 2.22. The van der Waals surface area contributed by atoms with E-state index in [1.807, 2.05) is 18.7 Å². The van der Waals surface area contributed by atoms with Gasteiger partial charge in [0, 0.05) is 30.5 Å². The zero-order chi connectivity index (χ0) is 17.0. The van der Waals surface area contributed by atoms with Crippen molar-refractivity contribution < 1.29 is 0 Å². The third-order valence-electron chi connectivity index (χ3n) is 3.20. The molecule has 0 aliphatic rings. The molecule has 2 heterocycles. The molecule has 0 saturated carbocycles. The van der Waals surface area contributed by atoms with Gasteiger partial charge in [-0.2, -0.15) is 0 Å². The molecule has 2 aromatic heterocycles. The third-order valence-corrected chi connectivity index (χ3v) is 4.23. The molecule has 2 aromatic rings. The molecule has 122 valence electrons. The van der Waals surface area contributed by atoms with Crippen LogP contribution in [-0.4, -0.2) is 33.0 Å². The molecule has 23 heavy (non-hydrogen) atoms. The van der Waals surface area contributed by atoms with Gasteiger partial charge in [0.1, 0.15) is 11.0 Å². The van der Waals surface area contributed by atoms with Gasteiger partial charge in [0.25, 0.3) is 0 Å². The Balaban J connectivity index is 2.72. The quantitative estimate of drug-likeness (QED) is 0.718. The fourth-order valence-electron chi connectivity index (χ4n) is 2.05. The average molecular weight is 373 g/mol. The molecule has 0 aliphatic carbocycles. The van der Waals surface area contributed by atoms with Crippen LogP contribution in [0.1, 0.15) is 26.3 Å². The van der Waals surface area contributed by atoms with Crippen molar-refractivity contribution in [3.8, 4) is 11.6 Å². The summed E-state index contributed by atoms with van der Waals surface area (Å²) in [5.74, 6) is 1.36. The second kappa shape index (κ2) is 7.90. The molecule has 0 aliphatic heterocycles. The van der Waals surface area contributed by atoms with Crippen LogP contribution in [-0.2, 0) is 0 Å². The van der Waals surface area contributed by atoms with Crippen LogP contribution in [0.4, 0.5) is 5.82 Å². The van der Waals surface area contributed by atoms with Crippen LogP contribution >= 0.6 is 34.8 Å². The van der Waals surface area contributed by atoms with Gasteiger partial charge in [-0.15, -0.1) is 0 Å². The Morgan fingerprint density at radius 1 is 1.04 bits per heavy atom. The molecule has 0 bridgehead atoms. The van der Waals surface area contributed by atoms with E-state index < -0.39 is 0 Å². The maximum absolute atomic E-state index is 6.37. The summed E-state index contributed by atoms with van der Waals surface area (Å²) in [7, 11) is 0. The van der Waals surface area contributed by atoms with E-state index in [1.165, 1.54) is 0 Å². The van der Waals surface area contributed by atoms with E-state index in [2.05, 4.69) is 19.9 Å². The second-order valence-corrected chi connectivity index (χ2v) is 5.93. The van der Waals surface area contributed by atoms with Gasteiger partial charge >= 0.3 is 0 Å². The number of rotatable bonds is 5. The Morgan fingerprint density at radius 3 is 2.17 bits per heavy atom. The lowest BCUT2D eigenvalue weighted by molar-refractivity contribution is 0.839. The van der Waals surface area contributed by atoms with Gasteiger partial charge in [0.2, 0.25) is 5.82 Å². The molecule has 0 amide bonds. The lowest BCUT2D eigenvalue weighted by atomic mass is 10.2. The van der Waals surface area contributed by atoms with Crippen molar-refractivity contribution in [1.82, 2.24) is 19.9 Å². The monoisotopic (exact) mass is 371 g/mol. The molecule has 0 spiro atoms. The molecule has 8 heteroatoms. The van der Waals surface area contributed by atoms with Crippen LogP contribution in [0.3, 0.4) is 0 Å². The lowest BCUT2D eigenvalue weighted by Gasteiger charge is -2.23. The Morgan fingerprint density at radius 2 is 1.65 bits per heavy atom. The summed E-state index contributed by atoms with van der Waals surface area (Å²) in [5, 5.41) is 0.975. The van der Waals surface area contributed by atoms with Gasteiger partial charge in [-0.05, 0) is 26.8 Å². The van der Waals surface area contributed by atoms with Gasteiger partial charge in [-0.3, -0.25) is 0 Å². The highest BCUT2D eigenvalue weighted by molar-refractivity contribution is 6.56. The molecule has 0 fully saturated rings. The molecule has 5 nitrogen and oxygen atoms in total. The highest BCUT2D eigenvalue weighted by atomic mass is 35.5. The molecule has 0 N–H and O–H groups in total. The second-order valence-electron chi connectivity index (χ2n) is 4.63. The topological polar surface area (TPSA) is 54.8 Å². The van der Waals surface area contributed by atoms with E-state index >= 15 is 0 Å². The summed E-state index contributed by atoms with van der Waals surface area (Å²) >= 11 is 18.7. The van der Waals surface area contributed by atoms with Crippen LogP contribution in [0.25, 0.3) is 16.7 Å². The maximum atomic E-state index is 6.37. The van der Waals surface area contributed by atoms with E-state index in [0.717, 1.165) is 13.1 Å². The minimum atomic E-state index is 0.217. The number of anilines is 1. The van der Waals surface area contributed by atoms with E-state index in [0.29, 0.717) is 33.1 Å². The summed E-state index contributed by atoms with van der Waals surface area (Å²) in [6.07, 6.45) is 3.25. The van der Waals surface area contributed by atoms with Gasteiger partial charge in [-0.1, -0.05) is 34.8 Å². The van der Waals surface area contributed by atoms with E-state index in [4.69, 9.17) is 34.8 Å². The van der Waals surface area contributed by atoms with Gasteiger partial charge in [0.05, 0.1) is 10.6 Å². The average Bonchev–Trinajstić information content (AvgIpc) is 2.56. The highest BCUT2D eigenvalue weighted by Crippen LogP contribution is 2.37. The standard InChI is InChI=1S/C15H16Cl3N5/c1-4-23(5-2)15-10(11(17)9(3)16)12(18)21-14(22-15)13-19-7-6-8-20-13/h6-8H,4-5H2,1-3H3/b11-9-. The van der Waals surface area contributed by atoms with E-state index in [9.17, 15) is 0 Å². The molecular formula is C15H16Cl3N5. The smallest absolute Gasteiger partial charge is 0.201 e. The molecule has 0 unspecified atom stereocenters. The van der Waals surface area contributed by atoms with Crippen molar-refractivity contribution in [3.63, 3.8) is 0 Å². The Hall–Kier alpha value is -1.43. The van der Waals surface area contributed by atoms with E-state index in [-0.39, 0.29) is 5.15 Å². The Bertz CT molecular complexity index is 711. The number of hydrogen-bond donors (Lipinski definition) is 0. The normalized spacial score (nSPS) is 12.1. The molecule has 0 saturated heterocycles. The van der Waals surface area contributed by atoms with Crippen LogP contribution in [0.2, 0.25) is 5.15 Å². The summed E-state index contributed by atoms with van der Waals surface area (Å²) in [6, 6.07) is 1.72. The van der Waals surface area contributed by atoms with Crippen molar-refractivity contribution in [2.75, 3.05) is 18.0 Å². The van der Waals surface area contributed by atoms with Crippen LogP contribution in [0.15, 0.2) is 23.5 Å².